The van der Waals surface area contributed by atoms with Crippen molar-refractivity contribution in [1.29, 1.82) is 0 Å². The van der Waals surface area contributed by atoms with Crippen molar-refractivity contribution in [1.82, 2.24) is 0 Å². The van der Waals surface area contributed by atoms with Crippen LogP contribution in [-0.4, -0.2) is 12.7 Å². The van der Waals surface area contributed by atoms with Crippen molar-refractivity contribution < 1.29 is 4.74 Å². The topological polar surface area (TPSA) is 9.23 Å². The summed E-state index contributed by atoms with van der Waals surface area (Å²) in [6, 6.07) is 0. The van der Waals surface area contributed by atoms with E-state index in [2.05, 4.69) is 13.8 Å². The van der Waals surface area contributed by atoms with E-state index in [1.807, 2.05) is 7.11 Å². The second-order valence-corrected chi connectivity index (χ2v) is 4.31. The molecule has 1 rings (SSSR count). The van der Waals surface area contributed by atoms with Crippen LogP contribution in [0.25, 0.3) is 0 Å². The molecule has 0 heterocycles. The largest absolute Gasteiger partial charge is 0.378 e. The lowest BCUT2D eigenvalue weighted by atomic mass is 9.74. The van der Waals surface area contributed by atoms with Crippen LogP contribution in [0.2, 0.25) is 0 Å². The van der Waals surface area contributed by atoms with Crippen molar-refractivity contribution in [2.75, 3.05) is 7.11 Å². The maximum Gasteiger partial charge on any atom is 0.0701 e. The van der Waals surface area contributed by atoms with Crippen LogP contribution in [0.3, 0.4) is 0 Å². The lowest BCUT2D eigenvalue weighted by Gasteiger charge is -2.40. The van der Waals surface area contributed by atoms with E-state index in [-0.39, 0.29) is 5.60 Å². The molecule has 0 spiro atoms. The Hall–Kier alpha value is -0.0400. The quantitative estimate of drug-likeness (QED) is 0.646. The molecule has 0 saturated heterocycles. The fourth-order valence-electron chi connectivity index (χ4n) is 2.91. The standard InChI is InChI=1S/C12H24O/c1-4-12(5-2,13-3)11-9-7-6-8-10-11/h11H,4-10H2,1-3H3. The highest BCUT2D eigenvalue weighted by Crippen LogP contribution is 2.38. The molecule has 13 heavy (non-hydrogen) atoms. The van der Waals surface area contributed by atoms with Crippen molar-refractivity contribution in [3.05, 3.63) is 0 Å². The first-order chi connectivity index (χ1) is 6.29. The number of ether oxygens (including phenoxy) is 1. The van der Waals surface area contributed by atoms with Gasteiger partial charge in [0.1, 0.15) is 0 Å². The molecular weight excluding hydrogens is 160 g/mol. The molecule has 1 fully saturated rings. The Bertz CT molecular complexity index is 124. The molecule has 1 nitrogen and oxygen atoms in total. The normalized spacial score (nSPS) is 20.5. The van der Waals surface area contributed by atoms with E-state index in [0.29, 0.717) is 0 Å². The lowest BCUT2D eigenvalue weighted by molar-refractivity contribution is -0.0752. The van der Waals surface area contributed by atoms with Crippen LogP contribution in [0.1, 0.15) is 58.8 Å². The van der Waals surface area contributed by atoms with Crippen molar-refractivity contribution in [3.8, 4) is 0 Å². The maximum absolute atomic E-state index is 5.78. The van der Waals surface area contributed by atoms with Gasteiger partial charge in [-0.15, -0.1) is 0 Å². The highest BCUT2D eigenvalue weighted by atomic mass is 16.5. The molecule has 0 aromatic heterocycles. The van der Waals surface area contributed by atoms with Gasteiger partial charge in [-0.3, -0.25) is 0 Å². The molecule has 0 unspecified atom stereocenters. The first kappa shape index (κ1) is 11.0. The molecule has 0 aliphatic heterocycles. The predicted octanol–water partition coefficient (Wildman–Crippen LogP) is 3.77. The summed E-state index contributed by atoms with van der Waals surface area (Å²) in [6.45, 7) is 4.53. The van der Waals surface area contributed by atoms with Crippen LogP contribution >= 0.6 is 0 Å². The van der Waals surface area contributed by atoms with Crippen LogP contribution in [0, 0.1) is 5.92 Å². The van der Waals surface area contributed by atoms with Gasteiger partial charge in [-0.1, -0.05) is 33.1 Å². The summed E-state index contributed by atoms with van der Waals surface area (Å²) < 4.78 is 5.78. The minimum absolute atomic E-state index is 0.195. The average Bonchev–Trinajstić information content (AvgIpc) is 2.23. The van der Waals surface area contributed by atoms with Crippen LogP contribution in [0.4, 0.5) is 0 Å². The van der Waals surface area contributed by atoms with Gasteiger partial charge in [0.05, 0.1) is 5.60 Å². The summed E-state index contributed by atoms with van der Waals surface area (Å²) in [7, 11) is 1.89. The van der Waals surface area contributed by atoms with Crippen LogP contribution in [0.15, 0.2) is 0 Å². The summed E-state index contributed by atoms with van der Waals surface area (Å²) in [5.74, 6) is 0.821. The van der Waals surface area contributed by atoms with Gasteiger partial charge < -0.3 is 4.74 Å². The first-order valence-electron chi connectivity index (χ1n) is 5.84. The minimum atomic E-state index is 0.195. The molecule has 0 aromatic rings. The van der Waals surface area contributed by atoms with Gasteiger partial charge in [-0.05, 0) is 31.6 Å². The smallest absolute Gasteiger partial charge is 0.0701 e. The van der Waals surface area contributed by atoms with Gasteiger partial charge in [0.15, 0.2) is 0 Å². The van der Waals surface area contributed by atoms with Crippen LogP contribution in [-0.2, 0) is 4.74 Å². The Morgan fingerprint density at radius 3 is 2.00 bits per heavy atom. The Morgan fingerprint density at radius 1 is 1.08 bits per heavy atom. The highest BCUT2D eigenvalue weighted by molar-refractivity contribution is 4.87. The number of hydrogen-bond donors (Lipinski definition) is 0. The molecule has 0 atom stereocenters. The van der Waals surface area contributed by atoms with Crippen molar-refractivity contribution in [2.24, 2.45) is 5.92 Å². The molecule has 0 N–H and O–H groups in total. The van der Waals surface area contributed by atoms with E-state index in [9.17, 15) is 0 Å². The van der Waals surface area contributed by atoms with E-state index in [4.69, 9.17) is 4.74 Å². The molecular formula is C12H24O. The molecule has 1 aliphatic carbocycles. The van der Waals surface area contributed by atoms with Gasteiger partial charge in [0.25, 0.3) is 0 Å². The highest BCUT2D eigenvalue weighted by Gasteiger charge is 2.35. The zero-order valence-electron chi connectivity index (χ0n) is 9.44. The molecule has 1 aliphatic rings. The third-order valence-corrected chi connectivity index (χ3v) is 3.95. The van der Waals surface area contributed by atoms with Gasteiger partial charge in [-0.2, -0.15) is 0 Å². The number of hydrogen-bond acceptors (Lipinski definition) is 1. The Morgan fingerprint density at radius 2 is 1.62 bits per heavy atom. The fraction of sp³-hybridized carbons (Fsp3) is 1.00. The van der Waals surface area contributed by atoms with E-state index < -0.39 is 0 Å². The summed E-state index contributed by atoms with van der Waals surface area (Å²) in [4.78, 5) is 0. The van der Waals surface area contributed by atoms with Gasteiger partial charge in [0, 0.05) is 7.11 Å². The second kappa shape index (κ2) is 4.99. The number of rotatable bonds is 4. The lowest BCUT2D eigenvalue weighted by Crippen LogP contribution is -2.39. The van der Waals surface area contributed by atoms with E-state index in [0.717, 1.165) is 5.92 Å². The van der Waals surface area contributed by atoms with Crippen molar-refractivity contribution in [2.45, 2.75) is 64.4 Å². The third-order valence-electron chi connectivity index (χ3n) is 3.95. The van der Waals surface area contributed by atoms with E-state index >= 15 is 0 Å². The molecule has 78 valence electrons. The summed E-state index contributed by atoms with van der Waals surface area (Å²) >= 11 is 0. The molecule has 0 aromatic carbocycles. The Kier molecular flexibility index (Phi) is 4.24. The third kappa shape index (κ3) is 2.25. The maximum atomic E-state index is 5.78. The Balaban J connectivity index is 2.60. The summed E-state index contributed by atoms with van der Waals surface area (Å²) in [5.41, 5.74) is 0.195. The first-order valence-corrected chi connectivity index (χ1v) is 5.84. The molecule has 0 amide bonds. The average molecular weight is 184 g/mol. The van der Waals surface area contributed by atoms with Crippen LogP contribution in [0.5, 0.6) is 0 Å². The van der Waals surface area contributed by atoms with Gasteiger partial charge in [0.2, 0.25) is 0 Å². The zero-order valence-corrected chi connectivity index (χ0v) is 9.44. The molecule has 1 heteroatoms. The second-order valence-electron chi connectivity index (χ2n) is 4.31. The van der Waals surface area contributed by atoms with Crippen molar-refractivity contribution in [3.63, 3.8) is 0 Å². The molecule has 0 radical (unpaired) electrons. The van der Waals surface area contributed by atoms with Gasteiger partial charge >= 0.3 is 0 Å². The number of methoxy groups -OCH3 is 1. The SMILES string of the molecule is CCC(CC)(OC)C1CCCCC1. The Labute approximate surface area is 82.9 Å². The van der Waals surface area contributed by atoms with Gasteiger partial charge in [-0.25, -0.2) is 0 Å². The fourth-order valence-corrected chi connectivity index (χ4v) is 2.91. The van der Waals surface area contributed by atoms with Crippen molar-refractivity contribution >= 4 is 0 Å². The van der Waals surface area contributed by atoms with Crippen LogP contribution < -0.4 is 0 Å². The molecule has 1 saturated carbocycles. The monoisotopic (exact) mass is 184 g/mol. The summed E-state index contributed by atoms with van der Waals surface area (Å²) in [6.07, 6.45) is 9.37. The minimum Gasteiger partial charge on any atom is -0.378 e. The van der Waals surface area contributed by atoms with E-state index in [1.54, 1.807) is 0 Å². The molecule has 0 bridgehead atoms. The zero-order chi connectivity index (χ0) is 9.73. The summed E-state index contributed by atoms with van der Waals surface area (Å²) in [5, 5.41) is 0. The predicted molar refractivity (Wildman–Crippen MR) is 56.9 cm³/mol. The van der Waals surface area contributed by atoms with E-state index in [1.165, 1.54) is 44.9 Å².